The zero-order valence-corrected chi connectivity index (χ0v) is 22.5. The molecule has 42 heavy (non-hydrogen) atoms. The summed E-state index contributed by atoms with van der Waals surface area (Å²) in [6.07, 6.45) is 3.85. The maximum absolute atomic E-state index is 5.07. The highest BCUT2D eigenvalue weighted by Crippen LogP contribution is 2.36. The molecular weight excluding hydrogens is 518 g/mol. The molecule has 6 aromatic rings. The summed E-state index contributed by atoms with van der Waals surface area (Å²) < 4.78 is 0. The number of fused-ring (bicyclic) bond motifs is 18. The van der Waals surface area contributed by atoms with Gasteiger partial charge in [-0.1, -0.05) is 103 Å². The van der Waals surface area contributed by atoms with E-state index in [0.717, 1.165) is 79.0 Å². The van der Waals surface area contributed by atoms with Gasteiger partial charge in [-0.15, -0.1) is 0 Å². The first kappa shape index (κ1) is 23.1. The van der Waals surface area contributed by atoms with Gasteiger partial charge in [-0.2, -0.15) is 0 Å². The number of nitrogens with zero attached hydrogens (tertiary/aromatic N) is 5. The van der Waals surface area contributed by atoms with E-state index < -0.39 is 0 Å². The van der Waals surface area contributed by atoms with E-state index in [1.807, 2.05) is 42.5 Å². The number of hydrogen-bond acceptors (Lipinski definition) is 5. The Morgan fingerprint density at radius 2 is 0.976 bits per heavy atom. The summed E-state index contributed by atoms with van der Waals surface area (Å²) >= 11 is 0. The highest BCUT2D eigenvalue weighted by atomic mass is 15.1. The molecule has 7 nitrogen and oxygen atoms in total. The standard InChI is InChI=1S/C35H23N7/c1-3-12-22-20(10-1)28-18-9-19-29-21-11-2-4-13-23(21)31(37-29)39-33-25-15-6-8-17-27(25)35(41-33)42-34-26-16-7-5-14-24(26)32(40-34)38-30(22)36-28/h1-8,10-18,41H,9,19H2,(H,36,38,40,42)/b28-18-,39-31-. The predicted octanol–water partition coefficient (Wildman–Crippen LogP) is 6.26. The van der Waals surface area contributed by atoms with Crippen LogP contribution in [0.3, 0.4) is 0 Å². The Bertz CT molecular complexity index is 2360. The van der Waals surface area contributed by atoms with E-state index in [-0.39, 0.29) is 0 Å². The van der Waals surface area contributed by atoms with Gasteiger partial charge in [0.05, 0.1) is 5.71 Å². The summed E-state index contributed by atoms with van der Waals surface area (Å²) in [4.78, 5) is 32.3. The van der Waals surface area contributed by atoms with Gasteiger partial charge < -0.3 is 9.97 Å². The molecule has 2 N–H and O–H groups in total. The maximum atomic E-state index is 5.07. The van der Waals surface area contributed by atoms with E-state index in [2.05, 4.69) is 70.6 Å². The number of benzene rings is 4. The van der Waals surface area contributed by atoms with Gasteiger partial charge in [0.1, 0.15) is 17.1 Å². The van der Waals surface area contributed by atoms with Crippen LogP contribution in [0.2, 0.25) is 0 Å². The number of nitrogens with one attached hydrogen (secondary N) is 2. The second-order valence-corrected chi connectivity index (χ2v) is 10.6. The number of aromatic amines is 2. The average molecular weight is 542 g/mol. The lowest BCUT2D eigenvalue weighted by molar-refractivity contribution is 1.12. The molecule has 9 rings (SSSR count). The molecule has 3 aliphatic rings. The van der Waals surface area contributed by atoms with Crippen molar-refractivity contribution >= 4 is 62.5 Å². The van der Waals surface area contributed by atoms with Gasteiger partial charge in [0.15, 0.2) is 17.5 Å². The second kappa shape index (κ2) is 8.91. The molecular formula is C35H23N7. The Kier molecular flexibility index (Phi) is 4.89. The summed E-state index contributed by atoms with van der Waals surface area (Å²) in [7, 11) is 0. The smallest absolute Gasteiger partial charge is 0.164 e. The molecule has 0 radical (unpaired) electrons. The molecule has 7 heteroatoms. The zero-order valence-electron chi connectivity index (χ0n) is 22.5. The number of amidine groups is 3. The fourth-order valence-corrected chi connectivity index (χ4v) is 6.14. The summed E-state index contributed by atoms with van der Waals surface area (Å²) in [6, 6.07) is 33.0. The first-order chi connectivity index (χ1) is 20.8. The highest BCUT2D eigenvalue weighted by Gasteiger charge is 2.24. The van der Waals surface area contributed by atoms with Crippen molar-refractivity contribution in [2.75, 3.05) is 0 Å². The Balaban J connectivity index is 1.35. The van der Waals surface area contributed by atoms with Crippen LogP contribution >= 0.6 is 0 Å². The topological polar surface area (TPSA) is 93.4 Å². The number of rotatable bonds is 0. The van der Waals surface area contributed by atoms with E-state index in [1.54, 1.807) is 0 Å². The minimum Gasteiger partial charge on any atom is -0.339 e. The van der Waals surface area contributed by atoms with Crippen LogP contribution in [0.25, 0.3) is 27.6 Å². The van der Waals surface area contributed by atoms with Crippen molar-refractivity contribution < 1.29 is 0 Å². The molecule has 0 aliphatic carbocycles. The third-order valence-electron chi connectivity index (χ3n) is 8.12. The summed E-state index contributed by atoms with van der Waals surface area (Å²) in [5.74, 6) is 3.41. The SMILES string of the molecule is C1=c2\[nH]c(c3ccccc23)=NC2=N/C(=N\c3[nH]c(c4ccccc34)/N=C3\N=C(CC/1)c1ccccc13)c1ccccc12. The molecule has 8 bridgehead atoms. The van der Waals surface area contributed by atoms with Crippen LogP contribution in [-0.4, -0.2) is 33.2 Å². The Hall–Kier alpha value is -5.69. The number of H-pyrrole nitrogens is 2. The first-order valence-corrected chi connectivity index (χ1v) is 14.1. The van der Waals surface area contributed by atoms with Crippen LogP contribution in [0.5, 0.6) is 0 Å². The molecule has 0 saturated carbocycles. The van der Waals surface area contributed by atoms with Crippen molar-refractivity contribution in [3.63, 3.8) is 0 Å². The zero-order chi connectivity index (χ0) is 27.6. The third-order valence-corrected chi connectivity index (χ3v) is 8.12. The first-order valence-electron chi connectivity index (χ1n) is 14.1. The van der Waals surface area contributed by atoms with Crippen molar-refractivity contribution in [1.82, 2.24) is 9.97 Å². The van der Waals surface area contributed by atoms with E-state index in [4.69, 9.17) is 25.0 Å². The molecule has 2 aromatic heterocycles. The lowest BCUT2D eigenvalue weighted by Crippen LogP contribution is -2.13. The van der Waals surface area contributed by atoms with E-state index in [1.165, 1.54) is 0 Å². The van der Waals surface area contributed by atoms with Crippen molar-refractivity contribution in [3.05, 3.63) is 130 Å². The van der Waals surface area contributed by atoms with E-state index in [9.17, 15) is 0 Å². The summed E-state index contributed by atoms with van der Waals surface area (Å²) in [5, 5.41) is 5.21. The summed E-state index contributed by atoms with van der Waals surface area (Å²) in [5.41, 5.74) is 5.92. The van der Waals surface area contributed by atoms with Gasteiger partial charge >= 0.3 is 0 Å². The average Bonchev–Trinajstić information content (AvgIpc) is 3.77. The van der Waals surface area contributed by atoms with E-state index in [0.29, 0.717) is 23.3 Å². The van der Waals surface area contributed by atoms with Crippen LogP contribution in [0, 0.1) is 0 Å². The fourth-order valence-electron chi connectivity index (χ4n) is 6.14. The largest absolute Gasteiger partial charge is 0.339 e. The predicted molar refractivity (Wildman–Crippen MR) is 169 cm³/mol. The Morgan fingerprint density at radius 3 is 1.67 bits per heavy atom. The van der Waals surface area contributed by atoms with E-state index >= 15 is 0 Å². The van der Waals surface area contributed by atoms with Crippen molar-refractivity contribution in [2.45, 2.75) is 12.8 Å². The maximum Gasteiger partial charge on any atom is 0.164 e. The minimum absolute atomic E-state index is 0.617. The molecule has 0 amide bonds. The van der Waals surface area contributed by atoms with Crippen LogP contribution in [0.4, 0.5) is 11.6 Å². The fraction of sp³-hybridized carbons (Fsp3) is 0.0571. The molecule has 4 aromatic carbocycles. The number of aromatic nitrogens is 2. The molecule has 0 spiro atoms. The highest BCUT2D eigenvalue weighted by molar-refractivity contribution is 6.25. The van der Waals surface area contributed by atoms with Crippen LogP contribution in [-0.2, 0) is 0 Å². The van der Waals surface area contributed by atoms with Gasteiger partial charge in [0.2, 0.25) is 0 Å². The number of aliphatic imine (C=N–C) groups is 4. The minimum atomic E-state index is 0.617. The van der Waals surface area contributed by atoms with Crippen molar-refractivity contribution in [2.24, 2.45) is 25.0 Å². The summed E-state index contributed by atoms with van der Waals surface area (Å²) in [6.45, 7) is 0. The monoisotopic (exact) mass is 541 g/mol. The normalized spacial score (nSPS) is 18.7. The lowest BCUT2D eigenvalue weighted by atomic mass is 10.0. The molecule has 5 heterocycles. The van der Waals surface area contributed by atoms with Crippen molar-refractivity contribution in [3.8, 4) is 0 Å². The molecule has 0 fully saturated rings. The van der Waals surface area contributed by atoms with Gasteiger partial charge in [-0.25, -0.2) is 25.0 Å². The molecule has 0 unspecified atom stereocenters. The van der Waals surface area contributed by atoms with Crippen LogP contribution < -0.4 is 10.8 Å². The van der Waals surface area contributed by atoms with Gasteiger partial charge in [-0.05, 0) is 12.8 Å². The Morgan fingerprint density at radius 1 is 0.452 bits per heavy atom. The van der Waals surface area contributed by atoms with Crippen LogP contribution in [0.1, 0.15) is 35.1 Å². The van der Waals surface area contributed by atoms with Gasteiger partial charge in [0, 0.05) is 49.1 Å². The molecule has 0 saturated heterocycles. The van der Waals surface area contributed by atoms with Gasteiger partial charge in [-0.3, -0.25) is 0 Å². The third kappa shape index (κ3) is 3.50. The quantitative estimate of drug-likeness (QED) is 0.227. The molecule has 3 aliphatic heterocycles. The van der Waals surface area contributed by atoms with Gasteiger partial charge in [0.25, 0.3) is 0 Å². The molecule has 198 valence electrons. The number of hydrogen-bond donors (Lipinski definition) is 2. The lowest BCUT2D eigenvalue weighted by Gasteiger charge is -2.00. The second-order valence-electron chi connectivity index (χ2n) is 10.6. The molecule has 0 atom stereocenters. The van der Waals surface area contributed by atoms with Crippen molar-refractivity contribution in [1.29, 1.82) is 0 Å². The van der Waals surface area contributed by atoms with Crippen LogP contribution in [0.15, 0.2) is 122 Å². The Labute approximate surface area is 240 Å².